The molecule has 1 rings (SSSR count). The predicted molar refractivity (Wildman–Crippen MR) is 66.7 cm³/mol. The van der Waals surface area contributed by atoms with Crippen LogP contribution >= 0.6 is 0 Å². The van der Waals surface area contributed by atoms with Crippen molar-refractivity contribution in [1.29, 1.82) is 0 Å². The van der Waals surface area contributed by atoms with Crippen LogP contribution in [0.5, 0.6) is 5.75 Å². The highest BCUT2D eigenvalue weighted by Crippen LogP contribution is 2.12. The molecule has 1 aromatic carbocycles. The van der Waals surface area contributed by atoms with Gasteiger partial charge in [0.1, 0.15) is 5.75 Å². The SMILES string of the molecule is CCCCCOC(C)Cc1ccc(O)cc1. The van der Waals surface area contributed by atoms with Gasteiger partial charge in [-0.2, -0.15) is 0 Å². The van der Waals surface area contributed by atoms with E-state index in [1.807, 2.05) is 12.1 Å². The van der Waals surface area contributed by atoms with E-state index in [1.54, 1.807) is 12.1 Å². The third-order valence-corrected chi connectivity index (χ3v) is 2.61. The number of ether oxygens (including phenoxy) is 1. The summed E-state index contributed by atoms with van der Waals surface area (Å²) >= 11 is 0. The van der Waals surface area contributed by atoms with Gasteiger partial charge >= 0.3 is 0 Å². The maximum absolute atomic E-state index is 9.16. The number of hydrogen-bond acceptors (Lipinski definition) is 2. The van der Waals surface area contributed by atoms with Crippen molar-refractivity contribution < 1.29 is 9.84 Å². The summed E-state index contributed by atoms with van der Waals surface area (Å²) in [5, 5.41) is 9.16. The third kappa shape index (κ3) is 5.17. The van der Waals surface area contributed by atoms with Crippen LogP contribution in [0.2, 0.25) is 0 Å². The van der Waals surface area contributed by atoms with E-state index in [-0.39, 0.29) is 6.10 Å². The molecular weight excluding hydrogens is 200 g/mol. The second kappa shape index (κ2) is 7.29. The van der Waals surface area contributed by atoms with Crippen LogP contribution in [-0.2, 0) is 11.2 Å². The summed E-state index contributed by atoms with van der Waals surface area (Å²) in [4.78, 5) is 0. The van der Waals surface area contributed by atoms with E-state index in [4.69, 9.17) is 9.84 Å². The molecule has 0 aliphatic rings. The zero-order chi connectivity index (χ0) is 11.8. The number of unbranched alkanes of at least 4 members (excludes halogenated alkanes) is 2. The topological polar surface area (TPSA) is 29.5 Å². The predicted octanol–water partition coefficient (Wildman–Crippen LogP) is 3.53. The lowest BCUT2D eigenvalue weighted by molar-refractivity contribution is 0.0637. The molecule has 0 fully saturated rings. The molecule has 0 amide bonds. The molecule has 0 spiro atoms. The first-order valence-electron chi connectivity index (χ1n) is 6.12. The van der Waals surface area contributed by atoms with Gasteiger partial charge in [-0.1, -0.05) is 31.9 Å². The van der Waals surface area contributed by atoms with Crippen LogP contribution in [0.25, 0.3) is 0 Å². The molecule has 0 aliphatic heterocycles. The van der Waals surface area contributed by atoms with Crippen LogP contribution in [0.4, 0.5) is 0 Å². The lowest BCUT2D eigenvalue weighted by Crippen LogP contribution is -2.12. The average molecular weight is 222 g/mol. The van der Waals surface area contributed by atoms with Crippen LogP contribution in [0.3, 0.4) is 0 Å². The van der Waals surface area contributed by atoms with Crippen molar-refractivity contribution >= 4 is 0 Å². The molecule has 1 aromatic rings. The van der Waals surface area contributed by atoms with E-state index in [1.165, 1.54) is 18.4 Å². The highest BCUT2D eigenvalue weighted by molar-refractivity contribution is 5.26. The normalized spacial score (nSPS) is 12.6. The zero-order valence-electron chi connectivity index (χ0n) is 10.3. The van der Waals surface area contributed by atoms with E-state index in [9.17, 15) is 0 Å². The van der Waals surface area contributed by atoms with E-state index >= 15 is 0 Å². The minimum Gasteiger partial charge on any atom is -0.508 e. The number of hydrogen-bond donors (Lipinski definition) is 1. The number of aromatic hydroxyl groups is 1. The molecule has 0 aromatic heterocycles. The van der Waals surface area contributed by atoms with Gasteiger partial charge in [-0.15, -0.1) is 0 Å². The Kier molecular flexibility index (Phi) is 5.94. The molecule has 1 N–H and O–H groups in total. The van der Waals surface area contributed by atoms with E-state index in [0.717, 1.165) is 19.4 Å². The van der Waals surface area contributed by atoms with Crippen molar-refractivity contribution in [3.63, 3.8) is 0 Å². The van der Waals surface area contributed by atoms with Gasteiger partial charge in [-0.05, 0) is 37.5 Å². The molecule has 0 radical (unpaired) electrons. The smallest absolute Gasteiger partial charge is 0.115 e. The fraction of sp³-hybridized carbons (Fsp3) is 0.571. The Balaban J connectivity index is 2.23. The van der Waals surface area contributed by atoms with Crippen LogP contribution in [0.15, 0.2) is 24.3 Å². The lowest BCUT2D eigenvalue weighted by atomic mass is 10.1. The van der Waals surface area contributed by atoms with Crippen molar-refractivity contribution in [2.75, 3.05) is 6.61 Å². The second-order valence-corrected chi connectivity index (χ2v) is 4.26. The molecule has 0 saturated carbocycles. The van der Waals surface area contributed by atoms with Gasteiger partial charge in [0, 0.05) is 6.61 Å². The third-order valence-electron chi connectivity index (χ3n) is 2.61. The van der Waals surface area contributed by atoms with E-state index < -0.39 is 0 Å². The number of rotatable bonds is 7. The minimum atomic E-state index is 0.251. The molecule has 16 heavy (non-hydrogen) atoms. The summed E-state index contributed by atoms with van der Waals surface area (Å²) in [6.45, 7) is 5.14. The van der Waals surface area contributed by atoms with Crippen LogP contribution < -0.4 is 0 Å². The Morgan fingerprint density at radius 2 is 1.88 bits per heavy atom. The number of benzene rings is 1. The quantitative estimate of drug-likeness (QED) is 0.715. The highest BCUT2D eigenvalue weighted by Gasteiger charge is 2.03. The summed E-state index contributed by atoms with van der Waals surface area (Å²) in [7, 11) is 0. The molecule has 1 unspecified atom stereocenters. The molecule has 0 aliphatic carbocycles. The molecule has 2 nitrogen and oxygen atoms in total. The zero-order valence-corrected chi connectivity index (χ0v) is 10.3. The molecule has 2 heteroatoms. The maximum atomic E-state index is 9.16. The standard InChI is InChI=1S/C14H22O2/c1-3-4-5-10-16-12(2)11-13-6-8-14(15)9-7-13/h6-9,12,15H,3-5,10-11H2,1-2H3. The average Bonchev–Trinajstić information content (AvgIpc) is 2.28. The summed E-state index contributed by atoms with van der Waals surface area (Å²) in [5.74, 6) is 0.320. The van der Waals surface area contributed by atoms with Gasteiger partial charge in [0.25, 0.3) is 0 Å². The van der Waals surface area contributed by atoms with Crippen molar-refractivity contribution in [3.05, 3.63) is 29.8 Å². The van der Waals surface area contributed by atoms with E-state index in [2.05, 4.69) is 13.8 Å². The van der Waals surface area contributed by atoms with Crippen LogP contribution in [0, 0.1) is 0 Å². The summed E-state index contributed by atoms with van der Waals surface area (Å²) in [6, 6.07) is 7.33. The summed E-state index contributed by atoms with van der Waals surface area (Å²) in [5.41, 5.74) is 1.21. The van der Waals surface area contributed by atoms with Gasteiger partial charge in [-0.3, -0.25) is 0 Å². The van der Waals surface area contributed by atoms with Crippen LogP contribution in [0.1, 0.15) is 38.7 Å². The summed E-state index contributed by atoms with van der Waals surface area (Å²) < 4.78 is 5.72. The van der Waals surface area contributed by atoms with Crippen molar-refractivity contribution in [2.24, 2.45) is 0 Å². The van der Waals surface area contributed by atoms with Crippen molar-refractivity contribution in [2.45, 2.75) is 45.6 Å². The maximum Gasteiger partial charge on any atom is 0.115 e. The Bertz CT molecular complexity index is 279. The van der Waals surface area contributed by atoms with E-state index in [0.29, 0.717) is 5.75 Å². The highest BCUT2D eigenvalue weighted by atomic mass is 16.5. The Morgan fingerprint density at radius 1 is 1.19 bits per heavy atom. The molecule has 90 valence electrons. The first-order valence-corrected chi connectivity index (χ1v) is 6.12. The number of phenols is 1. The van der Waals surface area contributed by atoms with Gasteiger partial charge in [0.05, 0.1) is 6.10 Å². The fourth-order valence-corrected chi connectivity index (χ4v) is 1.66. The van der Waals surface area contributed by atoms with Gasteiger partial charge < -0.3 is 9.84 Å². The Hall–Kier alpha value is -1.02. The second-order valence-electron chi connectivity index (χ2n) is 4.26. The Morgan fingerprint density at radius 3 is 2.50 bits per heavy atom. The van der Waals surface area contributed by atoms with Crippen molar-refractivity contribution in [1.82, 2.24) is 0 Å². The Labute approximate surface area is 98.3 Å². The number of phenolic OH excluding ortho intramolecular Hbond substituents is 1. The minimum absolute atomic E-state index is 0.251. The molecular formula is C14H22O2. The fourth-order valence-electron chi connectivity index (χ4n) is 1.66. The monoisotopic (exact) mass is 222 g/mol. The lowest BCUT2D eigenvalue weighted by Gasteiger charge is -2.13. The van der Waals surface area contributed by atoms with Crippen LogP contribution in [-0.4, -0.2) is 17.8 Å². The molecule has 0 bridgehead atoms. The molecule has 1 atom stereocenters. The summed E-state index contributed by atoms with van der Waals surface area (Å²) in [6.07, 6.45) is 4.78. The van der Waals surface area contributed by atoms with Gasteiger partial charge in [-0.25, -0.2) is 0 Å². The van der Waals surface area contributed by atoms with Gasteiger partial charge in [0.15, 0.2) is 0 Å². The van der Waals surface area contributed by atoms with Gasteiger partial charge in [0.2, 0.25) is 0 Å². The molecule has 0 saturated heterocycles. The first kappa shape index (κ1) is 13.0. The largest absolute Gasteiger partial charge is 0.508 e. The molecule has 0 heterocycles. The first-order chi connectivity index (χ1) is 7.72. The van der Waals surface area contributed by atoms with Crippen molar-refractivity contribution in [3.8, 4) is 5.75 Å².